The van der Waals surface area contributed by atoms with Crippen LogP contribution in [0.15, 0.2) is 36.8 Å². The summed E-state index contributed by atoms with van der Waals surface area (Å²) in [5.74, 6) is 0.489. The molecule has 3 aromatic heterocycles. The molecule has 0 saturated carbocycles. The van der Waals surface area contributed by atoms with Crippen molar-refractivity contribution in [2.45, 2.75) is 18.9 Å². The zero-order valence-electron chi connectivity index (χ0n) is 13.5. The first kappa shape index (κ1) is 15.5. The van der Waals surface area contributed by atoms with E-state index in [-0.39, 0.29) is 12.1 Å². The van der Waals surface area contributed by atoms with Crippen LogP contribution in [0.1, 0.15) is 12.8 Å². The number of rotatable bonds is 3. The fraction of sp³-hybridized carbons (Fsp3) is 0.294. The third kappa shape index (κ3) is 3.58. The molecule has 0 aromatic carbocycles. The molecule has 0 spiro atoms. The monoisotopic (exact) mass is 338 g/mol. The number of aromatic amines is 1. The lowest BCUT2D eigenvalue weighted by Crippen LogP contribution is -2.41. The summed E-state index contributed by atoms with van der Waals surface area (Å²) >= 11 is 0. The van der Waals surface area contributed by atoms with Crippen molar-refractivity contribution in [3.63, 3.8) is 0 Å². The highest BCUT2D eigenvalue weighted by molar-refractivity contribution is 5.90. The number of amides is 2. The molecule has 0 bridgehead atoms. The summed E-state index contributed by atoms with van der Waals surface area (Å²) < 4.78 is 5.29. The van der Waals surface area contributed by atoms with E-state index in [4.69, 9.17) is 4.74 Å². The molecular formula is C17H18N6O2. The number of carbonyl (C=O) groups excluding carboxylic acids is 1. The van der Waals surface area contributed by atoms with Crippen LogP contribution in [0.5, 0.6) is 0 Å². The SMILES string of the molecule is O=C(Nc1ccc2ncc(-c3cn[nH]c3)cc2n1)NC1CCOCC1. The maximum atomic E-state index is 12.1. The normalized spacial score (nSPS) is 15.2. The molecule has 3 N–H and O–H groups in total. The number of carbonyl (C=O) groups is 1. The predicted octanol–water partition coefficient (Wildman–Crippen LogP) is 2.32. The summed E-state index contributed by atoms with van der Waals surface area (Å²) in [6, 6.07) is 5.40. The first-order valence-corrected chi connectivity index (χ1v) is 8.19. The smallest absolute Gasteiger partial charge is 0.320 e. The minimum atomic E-state index is -0.252. The van der Waals surface area contributed by atoms with Crippen molar-refractivity contribution in [2.24, 2.45) is 0 Å². The largest absolute Gasteiger partial charge is 0.381 e. The maximum absolute atomic E-state index is 12.1. The third-order valence-corrected chi connectivity index (χ3v) is 4.17. The van der Waals surface area contributed by atoms with Crippen molar-refractivity contribution < 1.29 is 9.53 Å². The number of nitrogens with one attached hydrogen (secondary N) is 3. The van der Waals surface area contributed by atoms with Gasteiger partial charge in [0.1, 0.15) is 5.82 Å². The standard InChI is InChI=1S/C17H18N6O2/c24-17(21-13-3-5-25-6-4-13)23-16-2-1-14-15(22-16)7-11(8-18-14)12-9-19-20-10-12/h1-2,7-10,13H,3-6H2,(H,19,20)(H2,21,22,23,24). The molecular weight excluding hydrogens is 320 g/mol. The van der Waals surface area contributed by atoms with Gasteiger partial charge >= 0.3 is 6.03 Å². The van der Waals surface area contributed by atoms with Crippen molar-refractivity contribution in [1.82, 2.24) is 25.5 Å². The second kappa shape index (κ2) is 6.86. The van der Waals surface area contributed by atoms with Gasteiger partial charge in [0.05, 0.1) is 17.2 Å². The summed E-state index contributed by atoms with van der Waals surface area (Å²) in [6.07, 6.45) is 6.96. The van der Waals surface area contributed by atoms with Crippen LogP contribution in [0, 0.1) is 0 Å². The molecule has 2 amide bonds. The lowest BCUT2D eigenvalue weighted by Gasteiger charge is -2.23. The van der Waals surface area contributed by atoms with Crippen molar-refractivity contribution in [3.8, 4) is 11.1 Å². The van der Waals surface area contributed by atoms with Gasteiger partial charge in [-0.05, 0) is 31.0 Å². The van der Waals surface area contributed by atoms with E-state index in [2.05, 4.69) is 30.8 Å². The molecule has 0 aliphatic carbocycles. The molecule has 25 heavy (non-hydrogen) atoms. The third-order valence-electron chi connectivity index (χ3n) is 4.17. The molecule has 1 aliphatic rings. The highest BCUT2D eigenvalue weighted by Gasteiger charge is 2.16. The Morgan fingerprint density at radius 2 is 2.04 bits per heavy atom. The molecule has 4 heterocycles. The molecule has 0 atom stereocenters. The van der Waals surface area contributed by atoms with Gasteiger partial charge in [0, 0.05) is 42.8 Å². The fourth-order valence-electron chi connectivity index (χ4n) is 2.82. The highest BCUT2D eigenvalue weighted by atomic mass is 16.5. The minimum Gasteiger partial charge on any atom is -0.381 e. The van der Waals surface area contributed by atoms with E-state index in [9.17, 15) is 4.79 Å². The fourth-order valence-corrected chi connectivity index (χ4v) is 2.82. The highest BCUT2D eigenvalue weighted by Crippen LogP contribution is 2.21. The van der Waals surface area contributed by atoms with E-state index in [1.165, 1.54) is 0 Å². The van der Waals surface area contributed by atoms with Gasteiger partial charge in [-0.1, -0.05) is 0 Å². The van der Waals surface area contributed by atoms with Crippen molar-refractivity contribution in [3.05, 3.63) is 36.8 Å². The van der Waals surface area contributed by atoms with Gasteiger partial charge < -0.3 is 10.1 Å². The minimum absolute atomic E-state index is 0.142. The van der Waals surface area contributed by atoms with Gasteiger partial charge in [0.15, 0.2) is 0 Å². The molecule has 4 rings (SSSR count). The van der Waals surface area contributed by atoms with E-state index in [0.29, 0.717) is 24.5 Å². The van der Waals surface area contributed by atoms with Crippen LogP contribution in [-0.2, 0) is 4.74 Å². The van der Waals surface area contributed by atoms with Gasteiger partial charge in [-0.2, -0.15) is 5.10 Å². The summed E-state index contributed by atoms with van der Waals surface area (Å²) in [4.78, 5) is 21.0. The van der Waals surface area contributed by atoms with E-state index < -0.39 is 0 Å². The summed E-state index contributed by atoms with van der Waals surface area (Å²) in [5, 5.41) is 12.5. The number of anilines is 1. The molecule has 0 radical (unpaired) electrons. The average molecular weight is 338 g/mol. The van der Waals surface area contributed by atoms with Crippen molar-refractivity contribution >= 4 is 22.9 Å². The van der Waals surface area contributed by atoms with E-state index in [1.54, 1.807) is 24.7 Å². The van der Waals surface area contributed by atoms with Crippen LogP contribution in [0.4, 0.5) is 10.6 Å². The molecule has 128 valence electrons. The summed E-state index contributed by atoms with van der Waals surface area (Å²) in [7, 11) is 0. The van der Waals surface area contributed by atoms with Crippen LogP contribution in [0.3, 0.4) is 0 Å². The quantitative estimate of drug-likeness (QED) is 0.680. The Balaban J connectivity index is 1.50. The van der Waals surface area contributed by atoms with Gasteiger partial charge in [0.2, 0.25) is 0 Å². The van der Waals surface area contributed by atoms with Crippen LogP contribution in [0.25, 0.3) is 22.2 Å². The Bertz CT molecular complexity index is 874. The number of H-pyrrole nitrogens is 1. The average Bonchev–Trinajstić information content (AvgIpc) is 3.16. The molecule has 3 aromatic rings. The molecule has 1 aliphatic heterocycles. The Kier molecular flexibility index (Phi) is 4.26. The van der Waals surface area contributed by atoms with Crippen LogP contribution in [-0.4, -0.2) is 45.5 Å². The van der Waals surface area contributed by atoms with Crippen LogP contribution >= 0.6 is 0 Å². The molecule has 1 fully saturated rings. The first-order chi connectivity index (χ1) is 12.3. The lowest BCUT2D eigenvalue weighted by molar-refractivity contribution is 0.0806. The number of nitrogens with zero attached hydrogens (tertiary/aromatic N) is 3. The zero-order valence-corrected chi connectivity index (χ0v) is 13.5. The summed E-state index contributed by atoms with van der Waals surface area (Å²) in [5.41, 5.74) is 3.33. The zero-order chi connectivity index (χ0) is 17.1. The number of hydrogen-bond acceptors (Lipinski definition) is 5. The van der Waals surface area contributed by atoms with Crippen LogP contribution in [0.2, 0.25) is 0 Å². The molecule has 1 saturated heterocycles. The van der Waals surface area contributed by atoms with Crippen molar-refractivity contribution in [2.75, 3.05) is 18.5 Å². The number of fused-ring (bicyclic) bond motifs is 1. The maximum Gasteiger partial charge on any atom is 0.320 e. The topological polar surface area (TPSA) is 105 Å². The molecule has 8 heteroatoms. The van der Waals surface area contributed by atoms with Gasteiger partial charge in [-0.15, -0.1) is 0 Å². The summed E-state index contributed by atoms with van der Waals surface area (Å²) in [6.45, 7) is 1.36. The predicted molar refractivity (Wildman–Crippen MR) is 93.1 cm³/mol. The van der Waals surface area contributed by atoms with Gasteiger partial charge in [-0.25, -0.2) is 9.78 Å². The van der Waals surface area contributed by atoms with Crippen LogP contribution < -0.4 is 10.6 Å². The Labute approximate surface area is 144 Å². The number of pyridine rings is 2. The van der Waals surface area contributed by atoms with Gasteiger partial charge in [-0.3, -0.25) is 15.4 Å². The Hall–Kier alpha value is -3.00. The van der Waals surface area contributed by atoms with Crippen molar-refractivity contribution in [1.29, 1.82) is 0 Å². The van der Waals surface area contributed by atoms with E-state index >= 15 is 0 Å². The Morgan fingerprint density at radius 3 is 2.84 bits per heavy atom. The number of aromatic nitrogens is 4. The second-order valence-electron chi connectivity index (χ2n) is 5.93. The molecule has 0 unspecified atom stereocenters. The first-order valence-electron chi connectivity index (χ1n) is 8.19. The van der Waals surface area contributed by atoms with Gasteiger partial charge in [0.25, 0.3) is 0 Å². The lowest BCUT2D eigenvalue weighted by atomic mass is 10.1. The Morgan fingerprint density at radius 1 is 1.16 bits per heavy atom. The molecule has 8 nitrogen and oxygen atoms in total. The number of urea groups is 1. The van der Waals surface area contributed by atoms with E-state index in [0.717, 1.165) is 29.5 Å². The second-order valence-corrected chi connectivity index (χ2v) is 5.93. The number of hydrogen-bond donors (Lipinski definition) is 3. The number of ether oxygens (including phenoxy) is 1. The van der Waals surface area contributed by atoms with E-state index in [1.807, 2.05) is 12.1 Å².